The normalized spacial score (nSPS) is 13.9. The van der Waals surface area contributed by atoms with Gasteiger partial charge in [0.2, 0.25) is 0 Å². The number of nitrogens with one attached hydrogen (secondary N) is 1. The van der Waals surface area contributed by atoms with Crippen LogP contribution in [0.15, 0.2) is 54.2 Å². The molecule has 6 nitrogen and oxygen atoms in total. The van der Waals surface area contributed by atoms with Crippen LogP contribution >= 0.6 is 0 Å². The number of carbonyl (C=O) groups is 2. The lowest BCUT2D eigenvalue weighted by atomic mass is 10.0. The first-order valence-electron chi connectivity index (χ1n) is 10.7. The van der Waals surface area contributed by atoms with Crippen molar-refractivity contribution >= 4 is 28.8 Å². The predicted molar refractivity (Wildman–Crippen MR) is 125 cm³/mol. The van der Waals surface area contributed by atoms with Crippen molar-refractivity contribution in [3.05, 3.63) is 59.8 Å². The number of hydrogen-bond donors (Lipinski definition) is 1. The minimum atomic E-state index is -0.293. The van der Waals surface area contributed by atoms with Gasteiger partial charge in [-0.1, -0.05) is 32.9 Å². The van der Waals surface area contributed by atoms with Gasteiger partial charge >= 0.3 is 0 Å². The fourth-order valence-electron chi connectivity index (χ4n) is 3.35. The summed E-state index contributed by atoms with van der Waals surface area (Å²) in [5.74, 6) is 0.608. The third-order valence-electron chi connectivity index (χ3n) is 4.99. The van der Waals surface area contributed by atoms with Crippen LogP contribution in [-0.4, -0.2) is 44.0 Å². The molecule has 0 unspecified atom stereocenters. The minimum Gasteiger partial charge on any atom is -0.493 e. The van der Waals surface area contributed by atoms with Crippen LogP contribution in [0.2, 0.25) is 0 Å². The zero-order valence-corrected chi connectivity index (χ0v) is 18.9. The number of hydrogen-bond acceptors (Lipinski definition) is 5. The molecule has 2 aromatic rings. The van der Waals surface area contributed by atoms with Crippen molar-refractivity contribution < 1.29 is 14.3 Å². The van der Waals surface area contributed by atoms with Gasteiger partial charge in [0, 0.05) is 32.0 Å². The van der Waals surface area contributed by atoms with Crippen LogP contribution < -0.4 is 15.0 Å². The van der Waals surface area contributed by atoms with E-state index in [-0.39, 0.29) is 11.8 Å². The molecule has 0 aromatic heterocycles. The molecule has 0 atom stereocenters. The van der Waals surface area contributed by atoms with Crippen LogP contribution in [0.3, 0.4) is 0 Å². The molecule has 1 aliphatic heterocycles. The van der Waals surface area contributed by atoms with Crippen molar-refractivity contribution in [3.8, 4) is 5.75 Å². The first kappa shape index (κ1) is 22.4. The maximum atomic E-state index is 13.1. The van der Waals surface area contributed by atoms with Crippen molar-refractivity contribution in [1.82, 2.24) is 4.90 Å². The Morgan fingerprint density at radius 2 is 1.61 bits per heavy atom. The van der Waals surface area contributed by atoms with Gasteiger partial charge in [-0.2, -0.15) is 0 Å². The summed E-state index contributed by atoms with van der Waals surface area (Å²) in [6.45, 7) is 7.15. The Balaban J connectivity index is 1.93. The molecule has 1 N–H and O–H groups in total. The highest BCUT2D eigenvalue weighted by Gasteiger charge is 2.38. The van der Waals surface area contributed by atoms with Crippen LogP contribution in [0.5, 0.6) is 5.75 Å². The van der Waals surface area contributed by atoms with Crippen LogP contribution in [0.25, 0.3) is 5.57 Å². The van der Waals surface area contributed by atoms with Gasteiger partial charge in [-0.05, 0) is 54.3 Å². The lowest BCUT2D eigenvalue weighted by molar-refractivity contribution is -0.136. The van der Waals surface area contributed by atoms with E-state index in [1.807, 2.05) is 74.4 Å². The fourth-order valence-corrected chi connectivity index (χ4v) is 3.35. The average molecular weight is 422 g/mol. The number of benzene rings is 2. The van der Waals surface area contributed by atoms with Crippen molar-refractivity contribution in [1.29, 1.82) is 0 Å². The van der Waals surface area contributed by atoms with E-state index in [0.717, 1.165) is 17.1 Å². The first-order chi connectivity index (χ1) is 14.8. The van der Waals surface area contributed by atoms with E-state index in [1.165, 1.54) is 4.90 Å². The summed E-state index contributed by atoms with van der Waals surface area (Å²) in [5.41, 5.74) is 3.21. The van der Waals surface area contributed by atoms with Gasteiger partial charge < -0.3 is 15.0 Å². The van der Waals surface area contributed by atoms with Gasteiger partial charge in [0.1, 0.15) is 11.4 Å². The highest BCUT2D eigenvalue weighted by Crippen LogP contribution is 2.32. The van der Waals surface area contributed by atoms with E-state index < -0.39 is 0 Å². The molecule has 1 aliphatic rings. The number of imide groups is 1. The summed E-state index contributed by atoms with van der Waals surface area (Å²) in [5, 5.41) is 3.20. The summed E-state index contributed by atoms with van der Waals surface area (Å²) in [6.07, 6.45) is 0.706. The Kier molecular flexibility index (Phi) is 7.00. The van der Waals surface area contributed by atoms with Gasteiger partial charge in [0.05, 0.1) is 12.2 Å². The SMILES string of the molecule is CCCN1C(=O)C(Nc2ccc(N(C)C)cc2)=C(c2ccc(OCC(C)C)cc2)C1=O. The highest BCUT2D eigenvalue weighted by atomic mass is 16.5. The highest BCUT2D eigenvalue weighted by molar-refractivity contribution is 6.36. The first-order valence-corrected chi connectivity index (χ1v) is 10.7. The summed E-state index contributed by atoms with van der Waals surface area (Å²) >= 11 is 0. The lowest BCUT2D eigenvalue weighted by Crippen LogP contribution is -2.33. The Labute approximate surface area is 184 Å². The number of carbonyl (C=O) groups excluding carboxylic acids is 2. The zero-order chi connectivity index (χ0) is 22.5. The Morgan fingerprint density at radius 1 is 0.968 bits per heavy atom. The van der Waals surface area contributed by atoms with Crippen molar-refractivity contribution in [2.45, 2.75) is 27.2 Å². The second kappa shape index (κ2) is 9.69. The van der Waals surface area contributed by atoms with Crippen LogP contribution in [0.4, 0.5) is 11.4 Å². The molecular weight excluding hydrogens is 390 g/mol. The summed E-state index contributed by atoms with van der Waals surface area (Å²) in [7, 11) is 3.94. The Morgan fingerprint density at radius 3 is 2.16 bits per heavy atom. The molecule has 0 aliphatic carbocycles. The number of anilines is 2. The molecule has 0 fully saturated rings. The quantitative estimate of drug-likeness (QED) is 0.609. The van der Waals surface area contributed by atoms with E-state index >= 15 is 0 Å². The summed E-state index contributed by atoms with van der Waals surface area (Å²) in [6, 6.07) is 15.1. The molecular formula is C25H31N3O3. The second-order valence-electron chi connectivity index (χ2n) is 8.31. The third-order valence-corrected chi connectivity index (χ3v) is 4.99. The average Bonchev–Trinajstić information content (AvgIpc) is 2.97. The van der Waals surface area contributed by atoms with Crippen molar-refractivity contribution in [3.63, 3.8) is 0 Å². The fraction of sp³-hybridized carbons (Fsp3) is 0.360. The lowest BCUT2D eigenvalue weighted by Gasteiger charge is -2.15. The molecule has 6 heteroatoms. The minimum absolute atomic E-state index is 0.268. The molecule has 2 aromatic carbocycles. The number of rotatable bonds is 9. The van der Waals surface area contributed by atoms with Crippen LogP contribution in [0.1, 0.15) is 32.8 Å². The van der Waals surface area contributed by atoms with Crippen LogP contribution in [-0.2, 0) is 9.59 Å². The number of amides is 2. The van der Waals surface area contributed by atoms with Gasteiger partial charge in [-0.3, -0.25) is 14.5 Å². The molecule has 0 saturated carbocycles. The van der Waals surface area contributed by atoms with E-state index in [4.69, 9.17) is 4.74 Å². The third kappa shape index (κ3) is 5.08. The number of nitrogens with zero attached hydrogens (tertiary/aromatic N) is 2. The Hall–Kier alpha value is -3.28. The molecule has 0 saturated heterocycles. The van der Waals surface area contributed by atoms with Gasteiger partial charge in [-0.15, -0.1) is 0 Å². The van der Waals surface area contributed by atoms with E-state index in [0.29, 0.717) is 42.3 Å². The topological polar surface area (TPSA) is 61.9 Å². The van der Waals surface area contributed by atoms with Gasteiger partial charge in [-0.25, -0.2) is 0 Å². The van der Waals surface area contributed by atoms with Crippen molar-refractivity contribution in [2.75, 3.05) is 37.5 Å². The molecule has 1 heterocycles. The van der Waals surface area contributed by atoms with Gasteiger partial charge in [0.25, 0.3) is 11.8 Å². The summed E-state index contributed by atoms with van der Waals surface area (Å²) in [4.78, 5) is 29.5. The predicted octanol–water partition coefficient (Wildman–Crippen LogP) is 4.39. The largest absolute Gasteiger partial charge is 0.493 e. The molecule has 3 rings (SSSR count). The van der Waals surface area contributed by atoms with E-state index in [2.05, 4.69) is 19.2 Å². The molecule has 0 spiro atoms. The Bertz CT molecular complexity index is 961. The molecule has 2 amide bonds. The monoisotopic (exact) mass is 421 g/mol. The maximum absolute atomic E-state index is 13.1. The van der Waals surface area contributed by atoms with Gasteiger partial charge in [0.15, 0.2) is 0 Å². The molecule has 0 bridgehead atoms. The molecule has 164 valence electrons. The smallest absolute Gasteiger partial charge is 0.278 e. The zero-order valence-electron chi connectivity index (χ0n) is 18.9. The maximum Gasteiger partial charge on any atom is 0.278 e. The van der Waals surface area contributed by atoms with Crippen LogP contribution in [0, 0.1) is 5.92 Å². The van der Waals surface area contributed by atoms with Crippen molar-refractivity contribution in [2.24, 2.45) is 5.92 Å². The van der Waals surface area contributed by atoms with E-state index in [1.54, 1.807) is 0 Å². The standard InChI is InChI=1S/C25H31N3O3/c1-6-15-28-24(29)22(18-7-13-21(14-8-18)31-16-17(2)3)23(25(28)30)26-19-9-11-20(12-10-19)27(4)5/h7-14,17,26H,6,15-16H2,1-5H3. The summed E-state index contributed by atoms with van der Waals surface area (Å²) < 4.78 is 5.75. The molecule has 0 radical (unpaired) electrons. The molecule has 31 heavy (non-hydrogen) atoms. The van der Waals surface area contributed by atoms with E-state index in [9.17, 15) is 9.59 Å². The number of ether oxygens (including phenoxy) is 1. The second-order valence-corrected chi connectivity index (χ2v) is 8.31.